The van der Waals surface area contributed by atoms with Crippen molar-refractivity contribution in [3.8, 4) is 5.75 Å². The van der Waals surface area contributed by atoms with Gasteiger partial charge in [0.05, 0.1) is 22.8 Å². The van der Waals surface area contributed by atoms with Crippen molar-refractivity contribution in [2.75, 3.05) is 0 Å². The van der Waals surface area contributed by atoms with Crippen LogP contribution in [0.1, 0.15) is 29.7 Å². The normalized spacial score (nSPS) is 14.3. The fourth-order valence-corrected chi connectivity index (χ4v) is 3.08. The Hall–Kier alpha value is -3.23. The average molecular weight is 327 g/mol. The summed E-state index contributed by atoms with van der Waals surface area (Å²) in [6, 6.07) is 1.28. The van der Waals surface area contributed by atoms with E-state index in [9.17, 15) is 15.2 Å². The van der Waals surface area contributed by atoms with Gasteiger partial charge in [-0.2, -0.15) is 5.10 Å². The second-order valence-electron chi connectivity index (χ2n) is 5.59. The molecule has 0 unspecified atom stereocenters. The number of hydrogen-bond acceptors (Lipinski definition) is 7. The summed E-state index contributed by atoms with van der Waals surface area (Å²) in [6.45, 7) is 0. The van der Waals surface area contributed by atoms with E-state index in [0.717, 1.165) is 37.0 Å². The van der Waals surface area contributed by atoms with Crippen LogP contribution in [0.3, 0.4) is 0 Å². The Balaban J connectivity index is 1.98. The molecule has 2 aromatic heterocycles. The third-order valence-electron chi connectivity index (χ3n) is 4.16. The highest BCUT2D eigenvalue weighted by Crippen LogP contribution is 2.41. The lowest BCUT2D eigenvalue weighted by Crippen LogP contribution is -2.00. The molecule has 0 amide bonds. The molecule has 0 bridgehead atoms. The first kappa shape index (κ1) is 14.4. The van der Waals surface area contributed by atoms with Gasteiger partial charge in [0.15, 0.2) is 0 Å². The molecular weight excluding hydrogens is 314 g/mol. The van der Waals surface area contributed by atoms with E-state index >= 15 is 0 Å². The van der Waals surface area contributed by atoms with Crippen molar-refractivity contribution < 1.29 is 14.4 Å². The number of furan rings is 1. The van der Waals surface area contributed by atoms with E-state index in [1.54, 1.807) is 0 Å². The van der Waals surface area contributed by atoms with Crippen LogP contribution in [-0.4, -0.2) is 31.1 Å². The third kappa shape index (κ3) is 2.21. The number of rotatable bonds is 3. The van der Waals surface area contributed by atoms with Crippen molar-refractivity contribution >= 4 is 22.9 Å². The number of aromatic hydroxyl groups is 1. The zero-order valence-corrected chi connectivity index (χ0v) is 12.5. The quantitative estimate of drug-likeness (QED) is 0.448. The Morgan fingerprint density at radius 2 is 2.08 bits per heavy atom. The molecule has 0 atom stereocenters. The zero-order valence-electron chi connectivity index (χ0n) is 12.5. The largest absolute Gasteiger partial charge is 0.502 e. The zero-order chi connectivity index (χ0) is 16.7. The second-order valence-corrected chi connectivity index (χ2v) is 5.59. The van der Waals surface area contributed by atoms with Crippen molar-refractivity contribution in [1.29, 1.82) is 0 Å². The highest BCUT2D eigenvalue weighted by atomic mass is 16.6. The van der Waals surface area contributed by atoms with Crippen molar-refractivity contribution in [3.05, 3.63) is 45.7 Å². The number of nitrogens with zero attached hydrogens (tertiary/aromatic N) is 5. The van der Waals surface area contributed by atoms with Crippen LogP contribution in [0.2, 0.25) is 0 Å². The minimum absolute atomic E-state index is 0.278. The van der Waals surface area contributed by atoms with Gasteiger partial charge in [0.25, 0.3) is 0 Å². The fraction of sp³-hybridized carbons (Fsp3) is 0.267. The molecule has 0 spiro atoms. The lowest BCUT2D eigenvalue weighted by Gasteiger charge is -2.09. The van der Waals surface area contributed by atoms with Gasteiger partial charge in [-0.15, -0.1) is 10.2 Å². The highest BCUT2D eigenvalue weighted by molar-refractivity contribution is 6.05. The van der Waals surface area contributed by atoms with Gasteiger partial charge in [-0.3, -0.25) is 10.1 Å². The molecule has 122 valence electrons. The van der Waals surface area contributed by atoms with Gasteiger partial charge in [0.1, 0.15) is 24.0 Å². The SMILES string of the molecule is O=[N+]([O-])c1cc2oc3c(c2c(/C=N\n2cnnc2)c1O)CCCC3. The molecule has 1 aliphatic rings. The second kappa shape index (κ2) is 5.44. The maximum absolute atomic E-state index is 11.2. The maximum Gasteiger partial charge on any atom is 0.315 e. The van der Waals surface area contributed by atoms with Gasteiger partial charge in [-0.1, -0.05) is 0 Å². The smallest absolute Gasteiger partial charge is 0.315 e. The van der Waals surface area contributed by atoms with Gasteiger partial charge >= 0.3 is 5.69 Å². The number of nitro benzene ring substituents is 1. The Kier molecular flexibility index (Phi) is 3.26. The summed E-state index contributed by atoms with van der Waals surface area (Å²) in [4.78, 5) is 10.6. The van der Waals surface area contributed by atoms with Gasteiger partial charge in [0, 0.05) is 17.4 Å². The molecule has 0 saturated heterocycles. The van der Waals surface area contributed by atoms with E-state index < -0.39 is 16.4 Å². The third-order valence-corrected chi connectivity index (χ3v) is 4.16. The molecule has 0 saturated carbocycles. The van der Waals surface area contributed by atoms with E-state index in [4.69, 9.17) is 4.42 Å². The van der Waals surface area contributed by atoms with Crippen LogP contribution in [0.15, 0.2) is 28.2 Å². The summed E-state index contributed by atoms with van der Waals surface area (Å²) in [7, 11) is 0. The maximum atomic E-state index is 11.2. The van der Waals surface area contributed by atoms with Gasteiger partial charge in [0.2, 0.25) is 5.75 Å². The molecule has 1 N–H and O–H groups in total. The minimum atomic E-state index is -0.633. The highest BCUT2D eigenvalue weighted by Gasteiger charge is 2.27. The number of phenolic OH excluding ortho intramolecular Hbond substituents is 1. The first-order valence-electron chi connectivity index (χ1n) is 7.48. The van der Waals surface area contributed by atoms with E-state index in [1.165, 1.54) is 29.6 Å². The number of benzene rings is 1. The first-order chi connectivity index (χ1) is 11.6. The molecule has 4 rings (SSSR count). The summed E-state index contributed by atoms with van der Waals surface area (Å²) in [5.74, 6) is 0.411. The summed E-state index contributed by atoms with van der Waals surface area (Å²) in [6.07, 6.45) is 7.78. The fourth-order valence-electron chi connectivity index (χ4n) is 3.08. The molecule has 1 aromatic carbocycles. The summed E-state index contributed by atoms with van der Waals surface area (Å²) in [5.41, 5.74) is 1.27. The Bertz CT molecular complexity index is 958. The van der Waals surface area contributed by atoms with Crippen molar-refractivity contribution in [3.63, 3.8) is 0 Å². The molecule has 9 nitrogen and oxygen atoms in total. The molecule has 3 aromatic rings. The lowest BCUT2D eigenvalue weighted by molar-refractivity contribution is -0.385. The Morgan fingerprint density at radius 1 is 1.33 bits per heavy atom. The van der Waals surface area contributed by atoms with Crippen LogP contribution in [-0.2, 0) is 12.8 Å². The molecule has 24 heavy (non-hydrogen) atoms. The topological polar surface area (TPSA) is 120 Å². The summed E-state index contributed by atoms with van der Waals surface area (Å²) < 4.78 is 7.15. The van der Waals surface area contributed by atoms with Gasteiger partial charge in [-0.25, -0.2) is 4.68 Å². The van der Waals surface area contributed by atoms with E-state index in [0.29, 0.717) is 11.0 Å². The minimum Gasteiger partial charge on any atom is -0.502 e. The van der Waals surface area contributed by atoms with Crippen LogP contribution in [0, 0.1) is 10.1 Å². The molecular formula is C15H13N5O4. The number of aryl methyl sites for hydroxylation is 2. The number of phenols is 1. The number of aromatic nitrogens is 3. The monoisotopic (exact) mass is 327 g/mol. The predicted octanol–water partition coefficient (Wildman–Crippen LogP) is 2.40. The molecule has 0 fully saturated rings. The Morgan fingerprint density at radius 3 is 2.83 bits per heavy atom. The first-order valence-corrected chi connectivity index (χ1v) is 7.48. The number of nitro groups is 1. The van der Waals surface area contributed by atoms with Gasteiger partial charge < -0.3 is 9.52 Å². The average Bonchev–Trinajstić information content (AvgIpc) is 3.20. The summed E-state index contributed by atoms with van der Waals surface area (Å²) in [5, 5.41) is 33.7. The van der Waals surface area contributed by atoms with E-state index in [-0.39, 0.29) is 5.56 Å². The molecule has 1 aliphatic carbocycles. The summed E-state index contributed by atoms with van der Waals surface area (Å²) >= 11 is 0. The van der Waals surface area contributed by atoms with Crippen LogP contribution in [0.5, 0.6) is 5.75 Å². The number of fused-ring (bicyclic) bond motifs is 3. The molecule has 0 radical (unpaired) electrons. The standard InChI is InChI=1S/C15H13N5O4/c21-15-10(6-18-19-7-16-17-8-19)14-9-3-1-2-4-12(9)24-13(14)5-11(15)20(22)23/h5-8,21H,1-4H2/b18-6-. The van der Waals surface area contributed by atoms with Crippen LogP contribution in [0.4, 0.5) is 5.69 Å². The van der Waals surface area contributed by atoms with Crippen LogP contribution in [0.25, 0.3) is 11.0 Å². The predicted molar refractivity (Wildman–Crippen MR) is 84.2 cm³/mol. The van der Waals surface area contributed by atoms with Crippen molar-refractivity contribution in [2.45, 2.75) is 25.7 Å². The van der Waals surface area contributed by atoms with Crippen molar-refractivity contribution in [1.82, 2.24) is 14.9 Å². The van der Waals surface area contributed by atoms with E-state index in [2.05, 4.69) is 15.3 Å². The number of hydrogen-bond donors (Lipinski definition) is 1. The molecule has 0 aliphatic heterocycles. The lowest BCUT2D eigenvalue weighted by atomic mass is 9.93. The molecule has 2 heterocycles. The molecule has 9 heteroatoms. The Labute approximate surface area is 135 Å². The van der Waals surface area contributed by atoms with Crippen molar-refractivity contribution in [2.24, 2.45) is 5.10 Å². The van der Waals surface area contributed by atoms with Crippen LogP contribution < -0.4 is 0 Å². The van der Waals surface area contributed by atoms with Crippen LogP contribution >= 0.6 is 0 Å². The van der Waals surface area contributed by atoms with E-state index in [1.807, 2.05) is 0 Å². The van der Waals surface area contributed by atoms with Gasteiger partial charge in [-0.05, 0) is 19.3 Å².